The molecule has 0 heterocycles. The smallest absolute Gasteiger partial charge is 0.211 e. The number of hydrogen-bond donors (Lipinski definition) is 1. The number of rotatable bonds is 2. The molecule has 0 aliphatic carbocycles. The molecule has 0 bridgehead atoms. The van der Waals surface area contributed by atoms with E-state index in [2.05, 4.69) is 5.32 Å². The first-order chi connectivity index (χ1) is 5.24. The van der Waals surface area contributed by atoms with Crippen LogP contribution in [0.25, 0.3) is 0 Å². The largest absolute Gasteiger partial charge is 0.328 e. The number of benzene rings is 1. The summed E-state index contributed by atoms with van der Waals surface area (Å²) in [5, 5.41) is 3.18. The highest BCUT2D eigenvalue weighted by Gasteiger charge is 1.96. The number of hydrogen-bond acceptors (Lipinski definition) is 1. The number of aryl methyl sites for hydroxylation is 1. The molecule has 0 atom stereocenters. The molecular formula is C8H8ClNO. The van der Waals surface area contributed by atoms with Crippen molar-refractivity contribution in [1.82, 2.24) is 0 Å². The van der Waals surface area contributed by atoms with Crippen LogP contribution in [0, 0.1) is 6.92 Å². The molecule has 0 fully saturated rings. The van der Waals surface area contributed by atoms with Crippen LogP contribution >= 0.6 is 11.6 Å². The molecular weight excluding hydrogens is 162 g/mol. The third-order valence-corrected chi connectivity index (χ3v) is 1.65. The van der Waals surface area contributed by atoms with Crippen molar-refractivity contribution in [3.05, 3.63) is 28.8 Å². The number of nitrogens with one attached hydrogen (secondary N) is 1. The van der Waals surface area contributed by atoms with Crippen LogP contribution in [-0.2, 0) is 4.79 Å². The molecule has 2 nitrogen and oxygen atoms in total. The maximum absolute atomic E-state index is 10.1. The fraction of sp³-hybridized carbons (Fsp3) is 0.125. The van der Waals surface area contributed by atoms with Crippen molar-refractivity contribution < 1.29 is 4.79 Å². The number of carbonyl (C=O) groups is 1. The summed E-state index contributed by atoms with van der Waals surface area (Å²) in [5.74, 6) is 0. The Balaban J connectivity index is 3.01. The van der Waals surface area contributed by atoms with Gasteiger partial charge >= 0.3 is 0 Å². The van der Waals surface area contributed by atoms with Gasteiger partial charge in [-0.25, -0.2) is 0 Å². The highest BCUT2D eigenvalue weighted by molar-refractivity contribution is 6.30. The Morgan fingerprint density at radius 3 is 2.91 bits per heavy atom. The minimum Gasteiger partial charge on any atom is -0.328 e. The monoisotopic (exact) mass is 169 g/mol. The number of carbonyl (C=O) groups excluding carboxylic acids is 1. The topological polar surface area (TPSA) is 29.1 Å². The molecule has 0 radical (unpaired) electrons. The molecule has 11 heavy (non-hydrogen) atoms. The zero-order valence-corrected chi connectivity index (χ0v) is 6.85. The van der Waals surface area contributed by atoms with Crippen molar-refractivity contribution in [1.29, 1.82) is 0 Å². The molecule has 1 aromatic rings. The average molecular weight is 170 g/mol. The number of anilines is 1. The molecule has 0 aliphatic rings. The summed E-state index contributed by atoms with van der Waals surface area (Å²) in [7, 11) is 0. The summed E-state index contributed by atoms with van der Waals surface area (Å²) in [6.07, 6.45) is 0.638. The second-order valence-corrected chi connectivity index (χ2v) is 2.66. The number of halogens is 1. The SMILES string of the molecule is Cc1ccc(Cl)cc1NC=O. The fourth-order valence-corrected chi connectivity index (χ4v) is 0.985. The standard InChI is InChI=1S/C8H8ClNO/c1-6-2-3-7(9)4-8(6)10-5-11/h2-5H,1H3,(H,10,11). The summed E-state index contributed by atoms with van der Waals surface area (Å²) in [5.41, 5.74) is 1.76. The quantitative estimate of drug-likeness (QED) is 0.676. The van der Waals surface area contributed by atoms with Crippen LogP contribution in [0.5, 0.6) is 0 Å². The van der Waals surface area contributed by atoms with Crippen molar-refractivity contribution in [2.75, 3.05) is 5.32 Å². The van der Waals surface area contributed by atoms with E-state index in [1.54, 1.807) is 12.1 Å². The molecule has 1 aromatic carbocycles. The molecule has 58 valence electrons. The predicted molar refractivity (Wildman–Crippen MR) is 45.9 cm³/mol. The average Bonchev–Trinajstić information content (AvgIpc) is 1.98. The van der Waals surface area contributed by atoms with Crippen molar-refractivity contribution in [3.8, 4) is 0 Å². The van der Waals surface area contributed by atoms with Crippen LogP contribution in [-0.4, -0.2) is 6.41 Å². The second-order valence-electron chi connectivity index (χ2n) is 2.22. The van der Waals surface area contributed by atoms with E-state index < -0.39 is 0 Å². The Kier molecular flexibility index (Phi) is 2.49. The second kappa shape index (κ2) is 3.39. The van der Waals surface area contributed by atoms with Crippen LogP contribution in [0.2, 0.25) is 5.02 Å². The predicted octanol–water partition coefficient (Wildman–Crippen LogP) is 2.22. The van der Waals surface area contributed by atoms with Crippen LogP contribution in [0.4, 0.5) is 5.69 Å². The molecule has 1 rings (SSSR count). The molecule has 0 aromatic heterocycles. The van der Waals surface area contributed by atoms with Gasteiger partial charge < -0.3 is 5.32 Å². The molecule has 0 saturated heterocycles. The third-order valence-electron chi connectivity index (χ3n) is 1.41. The number of amides is 1. The van der Waals surface area contributed by atoms with Gasteiger partial charge in [-0.2, -0.15) is 0 Å². The van der Waals surface area contributed by atoms with E-state index in [0.717, 1.165) is 11.3 Å². The molecule has 0 saturated carbocycles. The summed E-state index contributed by atoms with van der Waals surface area (Å²) in [6, 6.07) is 5.35. The van der Waals surface area contributed by atoms with E-state index in [1.165, 1.54) is 0 Å². The summed E-state index contributed by atoms with van der Waals surface area (Å²) in [4.78, 5) is 10.1. The molecule has 0 aliphatic heterocycles. The maximum atomic E-state index is 10.1. The lowest BCUT2D eigenvalue weighted by atomic mass is 10.2. The summed E-state index contributed by atoms with van der Waals surface area (Å²) < 4.78 is 0. The molecule has 1 N–H and O–H groups in total. The normalized spacial score (nSPS) is 9.27. The van der Waals surface area contributed by atoms with Gasteiger partial charge in [0.15, 0.2) is 0 Å². The zero-order valence-electron chi connectivity index (χ0n) is 6.10. The zero-order chi connectivity index (χ0) is 8.27. The van der Waals surface area contributed by atoms with Gasteiger partial charge in [0.1, 0.15) is 0 Å². The Bertz CT molecular complexity index is 273. The van der Waals surface area contributed by atoms with E-state index in [0.29, 0.717) is 11.4 Å². The van der Waals surface area contributed by atoms with E-state index in [1.807, 2.05) is 13.0 Å². The lowest BCUT2D eigenvalue weighted by Gasteiger charge is -2.02. The van der Waals surface area contributed by atoms with Crippen molar-refractivity contribution in [2.24, 2.45) is 0 Å². The minimum atomic E-state index is 0.625. The lowest BCUT2D eigenvalue weighted by Crippen LogP contribution is -1.95. The van der Waals surface area contributed by atoms with Crippen LogP contribution < -0.4 is 5.32 Å². The van der Waals surface area contributed by atoms with Gasteiger partial charge in [0.25, 0.3) is 0 Å². The first-order valence-electron chi connectivity index (χ1n) is 3.20. The molecule has 1 amide bonds. The first kappa shape index (κ1) is 8.08. The van der Waals surface area contributed by atoms with Gasteiger partial charge in [0.2, 0.25) is 6.41 Å². The van der Waals surface area contributed by atoms with Crippen LogP contribution in [0.3, 0.4) is 0 Å². The Hall–Kier alpha value is -1.02. The van der Waals surface area contributed by atoms with Crippen LogP contribution in [0.15, 0.2) is 18.2 Å². The van der Waals surface area contributed by atoms with E-state index in [4.69, 9.17) is 11.6 Å². The first-order valence-corrected chi connectivity index (χ1v) is 3.58. The van der Waals surface area contributed by atoms with Gasteiger partial charge in [-0.3, -0.25) is 4.79 Å². The third kappa shape index (κ3) is 1.95. The van der Waals surface area contributed by atoms with Gasteiger partial charge in [-0.1, -0.05) is 17.7 Å². The fourth-order valence-electron chi connectivity index (χ4n) is 0.813. The van der Waals surface area contributed by atoms with Crippen LogP contribution in [0.1, 0.15) is 5.56 Å². The lowest BCUT2D eigenvalue weighted by molar-refractivity contribution is -0.105. The Labute approximate surface area is 70.2 Å². The van der Waals surface area contributed by atoms with Crippen molar-refractivity contribution in [2.45, 2.75) is 6.92 Å². The van der Waals surface area contributed by atoms with Gasteiger partial charge in [0, 0.05) is 10.7 Å². The van der Waals surface area contributed by atoms with E-state index in [9.17, 15) is 4.79 Å². The Morgan fingerprint density at radius 2 is 2.27 bits per heavy atom. The minimum absolute atomic E-state index is 0.625. The van der Waals surface area contributed by atoms with Crippen molar-refractivity contribution in [3.63, 3.8) is 0 Å². The van der Waals surface area contributed by atoms with E-state index >= 15 is 0 Å². The van der Waals surface area contributed by atoms with Crippen molar-refractivity contribution >= 4 is 23.7 Å². The van der Waals surface area contributed by atoms with Gasteiger partial charge in [-0.05, 0) is 24.6 Å². The van der Waals surface area contributed by atoms with Gasteiger partial charge in [-0.15, -0.1) is 0 Å². The van der Waals surface area contributed by atoms with E-state index in [-0.39, 0.29) is 0 Å². The summed E-state index contributed by atoms with van der Waals surface area (Å²) >= 11 is 5.70. The Morgan fingerprint density at radius 1 is 1.55 bits per heavy atom. The molecule has 3 heteroatoms. The summed E-state index contributed by atoms with van der Waals surface area (Å²) in [6.45, 7) is 1.90. The highest BCUT2D eigenvalue weighted by Crippen LogP contribution is 2.19. The molecule has 0 unspecified atom stereocenters. The maximum Gasteiger partial charge on any atom is 0.211 e. The van der Waals surface area contributed by atoms with Gasteiger partial charge in [0.05, 0.1) is 0 Å². The molecule has 0 spiro atoms. The highest BCUT2D eigenvalue weighted by atomic mass is 35.5.